The van der Waals surface area contributed by atoms with Gasteiger partial charge >= 0.3 is 0 Å². The second-order valence-electron chi connectivity index (χ2n) is 7.36. The van der Waals surface area contributed by atoms with Crippen LogP contribution >= 0.6 is 0 Å². The molecule has 132 valence electrons. The second-order valence-corrected chi connectivity index (χ2v) is 7.36. The Morgan fingerprint density at radius 3 is 2.62 bits per heavy atom. The topological polar surface area (TPSA) is 28.0 Å². The van der Waals surface area contributed by atoms with Gasteiger partial charge in [0.2, 0.25) is 0 Å². The summed E-state index contributed by atoms with van der Waals surface area (Å²) in [5.74, 6) is 0.608. The summed E-state index contributed by atoms with van der Waals surface area (Å²) in [5.41, 5.74) is 3.63. The normalized spacial score (nSPS) is 26.0. The number of rotatable bonds is 4. The maximum Gasteiger partial charge on any atom is 0.0887 e. The van der Waals surface area contributed by atoms with Crippen LogP contribution in [0.3, 0.4) is 0 Å². The number of aryl methyl sites for hydroxylation is 1. The lowest BCUT2D eigenvalue weighted by atomic mass is 9.78. The molecule has 1 unspecified atom stereocenters. The van der Waals surface area contributed by atoms with Crippen LogP contribution in [0.25, 0.3) is 5.70 Å². The molecule has 0 aromatic heterocycles. The van der Waals surface area contributed by atoms with E-state index in [-0.39, 0.29) is 5.54 Å². The molecule has 2 atom stereocenters. The van der Waals surface area contributed by atoms with Crippen molar-refractivity contribution >= 4 is 5.70 Å². The summed E-state index contributed by atoms with van der Waals surface area (Å²) >= 11 is 0. The monoisotopic (exact) mass is 327 g/mol. The van der Waals surface area contributed by atoms with Crippen molar-refractivity contribution < 1.29 is 0 Å². The molecule has 0 N–H and O–H groups in total. The van der Waals surface area contributed by atoms with Crippen LogP contribution in [-0.2, 0) is 0 Å². The molecule has 1 aliphatic rings. The molecular weight excluding hydrogens is 294 g/mol. The van der Waals surface area contributed by atoms with Gasteiger partial charge in [-0.15, -0.1) is 0 Å². The molecule has 0 spiro atoms. The molecule has 2 rings (SSSR count). The van der Waals surface area contributed by atoms with Crippen molar-refractivity contribution in [3.8, 4) is 0 Å². The quantitative estimate of drug-likeness (QED) is 0.696. The van der Waals surface area contributed by atoms with Gasteiger partial charge in [0, 0.05) is 11.1 Å². The zero-order chi connectivity index (χ0) is 17.6. The van der Waals surface area contributed by atoms with Crippen molar-refractivity contribution in [2.75, 3.05) is 20.6 Å². The Morgan fingerprint density at radius 2 is 1.96 bits per heavy atom. The molecule has 3 nitrogen and oxygen atoms in total. The Kier molecular flexibility index (Phi) is 6.73. The fourth-order valence-electron chi connectivity index (χ4n) is 3.78. The SMILES string of the molecule is CC[C@@H](C)C1(N(C)C)CCCC/C=C(/c2ccccc2C)N=NC1. The van der Waals surface area contributed by atoms with E-state index in [0.29, 0.717) is 5.92 Å². The first-order valence-electron chi connectivity index (χ1n) is 9.32. The van der Waals surface area contributed by atoms with Gasteiger partial charge in [-0.3, -0.25) is 0 Å². The third-order valence-corrected chi connectivity index (χ3v) is 5.77. The van der Waals surface area contributed by atoms with Crippen LogP contribution in [0.2, 0.25) is 0 Å². The van der Waals surface area contributed by atoms with Crippen molar-refractivity contribution in [2.45, 2.75) is 58.4 Å². The third-order valence-electron chi connectivity index (χ3n) is 5.77. The maximum atomic E-state index is 4.69. The van der Waals surface area contributed by atoms with Crippen LogP contribution in [0.4, 0.5) is 0 Å². The number of allylic oxidation sites excluding steroid dienone is 1. The highest BCUT2D eigenvalue weighted by molar-refractivity contribution is 5.66. The smallest absolute Gasteiger partial charge is 0.0887 e. The highest BCUT2D eigenvalue weighted by Crippen LogP contribution is 2.33. The van der Waals surface area contributed by atoms with E-state index in [1.54, 1.807) is 0 Å². The summed E-state index contributed by atoms with van der Waals surface area (Å²) in [6, 6.07) is 8.46. The van der Waals surface area contributed by atoms with Crippen molar-refractivity contribution in [1.29, 1.82) is 0 Å². The van der Waals surface area contributed by atoms with Crippen LogP contribution in [0.15, 0.2) is 40.6 Å². The maximum absolute atomic E-state index is 4.69. The summed E-state index contributed by atoms with van der Waals surface area (Å²) in [6.07, 6.45) is 8.17. The number of azo groups is 1. The summed E-state index contributed by atoms with van der Waals surface area (Å²) in [6.45, 7) is 7.57. The fraction of sp³-hybridized carbons (Fsp3) is 0.619. The minimum atomic E-state index is 0.117. The number of nitrogens with zero attached hydrogens (tertiary/aromatic N) is 3. The van der Waals surface area contributed by atoms with E-state index in [1.165, 1.54) is 36.8 Å². The fourth-order valence-corrected chi connectivity index (χ4v) is 3.78. The van der Waals surface area contributed by atoms with E-state index in [2.05, 4.69) is 75.2 Å². The van der Waals surface area contributed by atoms with Gasteiger partial charge in [0.25, 0.3) is 0 Å². The number of likely N-dealkylation sites (N-methyl/N-ethyl adjacent to an activating group) is 1. The average molecular weight is 328 g/mol. The van der Waals surface area contributed by atoms with Crippen LogP contribution in [0, 0.1) is 12.8 Å². The molecule has 3 heteroatoms. The van der Waals surface area contributed by atoms with Gasteiger partial charge in [-0.2, -0.15) is 10.2 Å². The molecule has 0 bridgehead atoms. The number of hydrogen-bond donors (Lipinski definition) is 0. The van der Waals surface area contributed by atoms with Gasteiger partial charge in [-0.25, -0.2) is 0 Å². The van der Waals surface area contributed by atoms with E-state index in [0.717, 1.165) is 18.7 Å². The highest BCUT2D eigenvalue weighted by Gasteiger charge is 2.37. The van der Waals surface area contributed by atoms with Gasteiger partial charge < -0.3 is 4.90 Å². The molecule has 0 saturated carbocycles. The van der Waals surface area contributed by atoms with E-state index in [1.807, 2.05) is 0 Å². The van der Waals surface area contributed by atoms with Crippen LogP contribution in [0.1, 0.15) is 57.1 Å². The lowest BCUT2D eigenvalue weighted by Crippen LogP contribution is -2.52. The predicted molar refractivity (Wildman–Crippen MR) is 103 cm³/mol. The van der Waals surface area contributed by atoms with E-state index in [4.69, 9.17) is 5.11 Å². The zero-order valence-electron chi connectivity index (χ0n) is 16.0. The zero-order valence-corrected chi connectivity index (χ0v) is 16.0. The highest BCUT2D eigenvalue weighted by atomic mass is 15.2. The van der Waals surface area contributed by atoms with E-state index < -0.39 is 0 Å². The molecule has 1 heterocycles. The molecular formula is C21H33N3. The molecule has 0 saturated heterocycles. The molecule has 24 heavy (non-hydrogen) atoms. The summed E-state index contributed by atoms with van der Waals surface area (Å²) in [5, 5.41) is 9.36. The lowest BCUT2D eigenvalue weighted by molar-refractivity contribution is 0.0776. The molecule has 1 aromatic rings. The Balaban J connectivity index is 2.33. The van der Waals surface area contributed by atoms with Gasteiger partial charge in [0.1, 0.15) is 0 Å². The number of hydrogen-bond acceptors (Lipinski definition) is 3. The largest absolute Gasteiger partial charge is 0.302 e. The van der Waals surface area contributed by atoms with Crippen LogP contribution < -0.4 is 0 Å². The second kappa shape index (κ2) is 8.57. The van der Waals surface area contributed by atoms with Crippen molar-refractivity contribution in [2.24, 2.45) is 16.1 Å². The first-order valence-corrected chi connectivity index (χ1v) is 9.32. The number of benzene rings is 1. The van der Waals surface area contributed by atoms with Crippen molar-refractivity contribution in [3.63, 3.8) is 0 Å². The summed E-state index contributed by atoms with van der Waals surface area (Å²) in [4.78, 5) is 2.39. The van der Waals surface area contributed by atoms with Gasteiger partial charge in [-0.05, 0) is 51.8 Å². The van der Waals surface area contributed by atoms with E-state index in [9.17, 15) is 0 Å². The van der Waals surface area contributed by atoms with Gasteiger partial charge in [0.05, 0.1) is 12.2 Å². The summed E-state index contributed by atoms with van der Waals surface area (Å²) in [7, 11) is 4.40. The Labute approximate surface area is 147 Å². The first kappa shape index (κ1) is 18.9. The lowest BCUT2D eigenvalue weighted by Gasteiger charge is -2.43. The standard InChI is InChI=1S/C21H33N3/c1-6-18(3)21(24(4)5)15-11-7-8-14-20(23-22-16-21)19-13-10-9-12-17(19)2/h9-10,12-14,18H,6-8,11,15-16H2,1-5H3/b20-14-,23-22?/t18-,21?/m1/s1. The minimum Gasteiger partial charge on any atom is -0.302 e. The Morgan fingerprint density at radius 1 is 1.21 bits per heavy atom. The molecule has 0 fully saturated rings. The molecule has 1 aliphatic heterocycles. The van der Waals surface area contributed by atoms with Crippen molar-refractivity contribution in [1.82, 2.24) is 4.90 Å². The third kappa shape index (κ3) is 4.13. The molecule has 0 aliphatic carbocycles. The predicted octanol–water partition coefficient (Wildman–Crippen LogP) is 5.71. The Bertz CT molecular complexity index is 589. The molecule has 1 aromatic carbocycles. The molecule has 0 amide bonds. The van der Waals surface area contributed by atoms with Crippen molar-refractivity contribution in [3.05, 3.63) is 41.5 Å². The average Bonchev–Trinajstić information content (AvgIpc) is 2.58. The Hall–Kier alpha value is -1.48. The van der Waals surface area contributed by atoms with Crippen LogP contribution in [0.5, 0.6) is 0 Å². The minimum absolute atomic E-state index is 0.117. The van der Waals surface area contributed by atoms with E-state index >= 15 is 0 Å². The van der Waals surface area contributed by atoms with Crippen LogP contribution in [-0.4, -0.2) is 31.1 Å². The van der Waals surface area contributed by atoms with Gasteiger partial charge in [-0.1, -0.05) is 57.0 Å². The summed E-state index contributed by atoms with van der Waals surface area (Å²) < 4.78 is 0. The first-order chi connectivity index (χ1) is 11.5. The molecule has 0 radical (unpaired) electrons. The van der Waals surface area contributed by atoms with Gasteiger partial charge in [0.15, 0.2) is 0 Å².